The number of benzene rings is 2. The number of carbonyl (C=O) groups is 1. The first-order chi connectivity index (χ1) is 11.5. The van der Waals surface area contributed by atoms with Crippen LogP contribution in [-0.2, 0) is 4.84 Å². The predicted octanol–water partition coefficient (Wildman–Crippen LogP) is 2.82. The van der Waals surface area contributed by atoms with Gasteiger partial charge in [-0.1, -0.05) is 22.9 Å². The number of carbonyl (C=O) groups excluding carboxylic acids is 1. The smallest absolute Gasteiger partial charge is 0.366 e. The molecule has 0 bridgehead atoms. The van der Waals surface area contributed by atoms with Crippen molar-refractivity contribution in [2.75, 3.05) is 6.79 Å². The van der Waals surface area contributed by atoms with E-state index in [0.29, 0.717) is 22.6 Å². The van der Waals surface area contributed by atoms with Crippen molar-refractivity contribution >= 4 is 11.8 Å². The van der Waals surface area contributed by atoms with E-state index in [0.717, 1.165) is 16.7 Å². The zero-order valence-electron chi connectivity index (χ0n) is 13.8. The zero-order valence-corrected chi connectivity index (χ0v) is 13.8. The fourth-order valence-corrected chi connectivity index (χ4v) is 2.75. The zero-order chi connectivity index (χ0) is 17.3. The SMILES string of the molecule is Cc1cc(C)c(C(=O)O/N=C(\N)c2ccc3c(c2)OCO3)c(C)c1. The summed E-state index contributed by atoms with van der Waals surface area (Å²) in [6.45, 7) is 5.88. The second-order valence-corrected chi connectivity index (χ2v) is 5.70. The molecule has 0 radical (unpaired) electrons. The molecular weight excluding hydrogens is 308 g/mol. The molecule has 0 aromatic heterocycles. The highest BCUT2D eigenvalue weighted by molar-refractivity contribution is 5.99. The van der Waals surface area contributed by atoms with Crippen molar-refractivity contribution in [3.05, 3.63) is 58.1 Å². The van der Waals surface area contributed by atoms with E-state index in [9.17, 15) is 4.79 Å². The molecule has 0 fully saturated rings. The molecule has 0 atom stereocenters. The van der Waals surface area contributed by atoms with E-state index in [1.54, 1.807) is 18.2 Å². The molecule has 6 nitrogen and oxygen atoms in total. The summed E-state index contributed by atoms with van der Waals surface area (Å²) in [7, 11) is 0. The molecule has 3 rings (SSSR count). The van der Waals surface area contributed by atoms with Crippen LogP contribution in [0, 0.1) is 20.8 Å². The summed E-state index contributed by atoms with van der Waals surface area (Å²) in [6, 6.07) is 9.00. The highest BCUT2D eigenvalue weighted by Crippen LogP contribution is 2.32. The first-order valence-corrected chi connectivity index (χ1v) is 7.48. The maximum atomic E-state index is 12.3. The van der Waals surface area contributed by atoms with E-state index in [1.165, 1.54) is 0 Å². The van der Waals surface area contributed by atoms with Gasteiger partial charge in [-0.3, -0.25) is 0 Å². The number of nitrogens with zero attached hydrogens (tertiary/aromatic N) is 1. The maximum absolute atomic E-state index is 12.3. The predicted molar refractivity (Wildman–Crippen MR) is 89.4 cm³/mol. The van der Waals surface area contributed by atoms with Crippen LogP contribution in [0.15, 0.2) is 35.5 Å². The van der Waals surface area contributed by atoms with Gasteiger partial charge in [0.05, 0.1) is 5.56 Å². The third kappa shape index (κ3) is 3.03. The van der Waals surface area contributed by atoms with Gasteiger partial charge < -0.3 is 20.0 Å². The summed E-state index contributed by atoms with van der Waals surface area (Å²) in [5.74, 6) is 0.786. The monoisotopic (exact) mass is 326 g/mol. The van der Waals surface area contributed by atoms with Crippen molar-refractivity contribution in [1.29, 1.82) is 0 Å². The first kappa shape index (κ1) is 15.9. The molecule has 1 heterocycles. The molecular formula is C18H18N2O4. The average Bonchev–Trinajstić information content (AvgIpc) is 2.99. The number of aryl methyl sites for hydroxylation is 3. The highest BCUT2D eigenvalue weighted by atomic mass is 16.7. The minimum absolute atomic E-state index is 0.0871. The third-order valence-electron chi connectivity index (χ3n) is 3.78. The standard InChI is InChI=1S/C18H18N2O4/c1-10-6-11(2)16(12(3)7-10)18(21)24-20-17(19)13-4-5-14-15(8-13)23-9-22-14/h4-8H,9H2,1-3H3,(H2,19,20). The number of hydrogen-bond donors (Lipinski definition) is 1. The van der Waals surface area contributed by atoms with Crippen molar-refractivity contribution in [3.63, 3.8) is 0 Å². The Morgan fingerprint density at radius 3 is 2.46 bits per heavy atom. The normalized spacial score (nSPS) is 13.0. The van der Waals surface area contributed by atoms with Crippen LogP contribution < -0.4 is 15.2 Å². The Balaban J connectivity index is 1.79. The summed E-state index contributed by atoms with van der Waals surface area (Å²) < 4.78 is 10.5. The fourth-order valence-electron chi connectivity index (χ4n) is 2.75. The summed E-state index contributed by atoms with van der Waals surface area (Å²) in [5.41, 5.74) is 9.75. The number of amidine groups is 1. The van der Waals surface area contributed by atoms with Crippen molar-refractivity contribution < 1.29 is 19.1 Å². The number of ether oxygens (including phenoxy) is 2. The Kier molecular flexibility index (Phi) is 4.12. The molecule has 0 saturated heterocycles. The van der Waals surface area contributed by atoms with Gasteiger partial charge in [0.2, 0.25) is 6.79 Å². The Bertz CT molecular complexity index is 820. The Labute approximate surface area is 139 Å². The minimum atomic E-state index is -0.534. The topological polar surface area (TPSA) is 83.1 Å². The highest BCUT2D eigenvalue weighted by Gasteiger charge is 2.17. The van der Waals surface area contributed by atoms with Gasteiger partial charge in [-0.2, -0.15) is 0 Å². The van der Waals surface area contributed by atoms with Gasteiger partial charge in [-0.25, -0.2) is 4.79 Å². The van der Waals surface area contributed by atoms with E-state index in [1.807, 2.05) is 32.9 Å². The lowest BCUT2D eigenvalue weighted by atomic mass is 10.0. The summed E-state index contributed by atoms with van der Waals surface area (Å²) in [4.78, 5) is 17.3. The van der Waals surface area contributed by atoms with Gasteiger partial charge in [0, 0.05) is 5.56 Å². The molecule has 2 aromatic carbocycles. The Morgan fingerprint density at radius 2 is 1.75 bits per heavy atom. The molecule has 0 aliphatic carbocycles. The van der Waals surface area contributed by atoms with Crippen LogP contribution in [0.5, 0.6) is 11.5 Å². The Morgan fingerprint density at radius 1 is 1.08 bits per heavy atom. The van der Waals surface area contributed by atoms with Crippen molar-refractivity contribution in [3.8, 4) is 11.5 Å². The van der Waals surface area contributed by atoms with Crippen molar-refractivity contribution in [2.45, 2.75) is 20.8 Å². The van der Waals surface area contributed by atoms with Gasteiger partial charge in [0.1, 0.15) is 0 Å². The van der Waals surface area contributed by atoms with Crippen LogP contribution >= 0.6 is 0 Å². The third-order valence-corrected chi connectivity index (χ3v) is 3.78. The van der Waals surface area contributed by atoms with Gasteiger partial charge in [0.25, 0.3) is 0 Å². The molecule has 0 spiro atoms. The number of hydrogen-bond acceptors (Lipinski definition) is 5. The van der Waals surface area contributed by atoms with Crippen LogP contribution in [0.2, 0.25) is 0 Å². The lowest BCUT2D eigenvalue weighted by molar-refractivity contribution is 0.0514. The number of nitrogens with two attached hydrogens (primary N) is 1. The number of rotatable bonds is 3. The average molecular weight is 326 g/mol. The summed E-state index contributed by atoms with van der Waals surface area (Å²) in [5, 5.41) is 3.75. The Hall–Kier alpha value is -3.02. The van der Waals surface area contributed by atoms with E-state index < -0.39 is 5.97 Å². The van der Waals surface area contributed by atoms with Gasteiger partial charge >= 0.3 is 5.97 Å². The van der Waals surface area contributed by atoms with Gasteiger partial charge in [0.15, 0.2) is 17.3 Å². The first-order valence-electron chi connectivity index (χ1n) is 7.48. The number of fused-ring (bicyclic) bond motifs is 1. The molecule has 0 saturated carbocycles. The lowest BCUT2D eigenvalue weighted by Crippen LogP contribution is -2.16. The second-order valence-electron chi connectivity index (χ2n) is 5.70. The molecule has 2 N–H and O–H groups in total. The molecule has 2 aromatic rings. The van der Waals surface area contributed by atoms with Crippen LogP contribution in [0.1, 0.15) is 32.6 Å². The lowest BCUT2D eigenvalue weighted by Gasteiger charge is -2.08. The van der Waals surface area contributed by atoms with Crippen molar-refractivity contribution in [2.24, 2.45) is 10.9 Å². The molecule has 0 amide bonds. The van der Waals surface area contributed by atoms with E-state index in [4.69, 9.17) is 20.0 Å². The molecule has 1 aliphatic rings. The van der Waals surface area contributed by atoms with Crippen LogP contribution in [-0.4, -0.2) is 18.6 Å². The van der Waals surface area contributed by atoms with Crippen molar-refractivity contribution in [1.82, 2.24) is 0 Å². The summed E-state index contributed by atoms with van der Waals surface area (Å²) >= 11 is 0. The van der Waals surface area contributed by atoms with Crippen LogP contribution in [0.25, 0.3) is 0 Å². The van der Waals surface area contributed by atoms with E-state index in [2.05, 4.69) is 5.16 Å². The van der Waals surface area contributed by atoms with Crippen LogP contribution in [0.4, 0.5) is 0 Å². The minimum Gasteiger partial charge on any atom is -0.454 e. The summed E-state index contributed by atoms with van der Waals surface area (Å²) in [6.07, 6.45) is 0. The molecule has 0 unspecified atom stereocenters. The fraction of sp³-hybridized carbons (Fsp3) is 0.222. The molecule has 24 heavy (non-hydrogen) atoms. The molecule has 1 aliphatic heterocycles. The van der Waals surface area contributed by atoms with Gasteiger partial charge in [-0.15, -0.1) is 0 Å². The largest absolute Gasteiger partial charge is 0.454 e. The maximum Gasteiger partial charge on any atom is 0.366 e. The molecule has 124 valence electrons. The van der Waals surface area contributed by atoms with Gasteiger partial charge in [-0.05, 0) is 50.1 Å². The van der Waals surface area contributed by atoms with E-state index >= 15 is 0 Å². The number of oxime groups is 1. The van der Waals surface area contributed by atoms with E-state index in [-0.39, 0.29) is 12.6 Å². The molecule has 6 heteroatoms. The quantitative estimate of drug-likeness (QED) is 0.406. The second kappa shape index (κ2) is 6.23. The van der Waals surface area contributed by atoms with Crippen LogP contribution in [0.3, 0.4) is 0 Å².